The van der Waals surface area contributed by atoms with Crippen molar-refractivity contribution < 1.29 is 39.3 Å². The van der Waals surface area contributed by atoms with Gasteiger partial charge in [-0.05, 0) is 52.9 Å². The third-order valence-corrected chi connectivity index (χ3v) is 9.04. The molecule has 12 heteroatoms. The van der Waals surface area contributed by atoms with Gasteiger partial charge in [0.1, 0.15) is 23.6 Å². The summed E-state index contributed by atoms with van der Waals surface area (Å²) in [5.41, 5.74) is 3.03. The van der Waals surface area contributed by atoms with Crippen molar-refractivity contribution in [2.75, 3.05) is 13.1 Å². The molecule has 2 aliphatic heterocycles. The van der Waals surface area contributed by atoms with Crippen LogP contribution in [0, 0.1) is 0 Å². The summed E-state index contributed by atoms with van der Waals surface area (Å²) in [6.45, 7) is -0.0384. The predicted molar refractivity (Wildman–Crippen MR) is 182 cm³/mol. The molecule has 4 amide bonds. The van der Waals surface area contributed by atoms with E-state index in [-0.39, 0.29) is 43.9 Å². The smallest absolute Gasteiger partial charge is 0.433 e. The quantitative estimate of drug-likeness (QED) is 0.188. The second kappa shape index (κ2) is 15.1. The van der Waals surface area contributed by atoms with Gasteiger partial charge in [-0.1, -0.05) is 84.9 Å². The number of hydrogen-bond donors (Lipinski definition) is 4. The van der Waals surface area contributed by atoms with Crippen LogP contribution in [0.3, 0.4) is 0 Å². The molecule has 2 unspecified atom stereocenters. The Hall–Kier alpha value is -5.88. The monoisotopic (exact) mass is 678 g/mol. The van der Waals surface area contributed by atoms with Gasteiger partial charge in [-0.15, -0.1) is 0 Å². The summed E-state index contributed by atoms with van der Waals surface area (Å²) in [5.74, 6) is -1.47. The molecule has 2 fully saturated rings. The molecule has 0 aliphatic carbocycles. The lowest BCUT2D eigenvalue weighted by molar-refractivity contribution is -0.265. The van der Waals surface area contributed by atoms with Crippen LogP contribution in [0.15, 0.2) is 109 Å². The van der Waals surface area contributed by atoms with Crippen LogP contribution in [-0.2, 0) is 44.9 Å². The molecule has 0 aromatic heterocycles. The fourth-order valence-electron chi connectivity index (χ4n) is 6.52. The van der Waals surface area contributed by atoms with Gasteiger partial charge in [0.05, 0.1) is 6.54 Å². The predicted octanol–water partition coefficient (Wildman–Crippen LogP) is 3.51. The zero-order chi connectivity index (χ0) is 35.2. The first-order chi connectivity index (χ1) is 24.2. The van der Waals surface area contributed by atoms with Gasteiger partial charge in [0.25, 0.3) is 5.91 Å². The van der Waals surface area contributed by atoms with Crippen LogP contribution in [0.4, 0.5) is 4.79 Å². The van der Waals surface area contributed by atoms with Gasteiger partial charge in [-0.2, -0.15) is 5.06 Å². The number of phenols is 2. The van der Waals surface area contributed by atoms with E-state index >= 15 is 0 Å². The molecule has 4 aromatic carbocycles. The van der Waals surface area contributed by atoms with Crippen molar-refractivity contribution in [1.82, 2.24) is 20.2 Å². The second-order valence-electron chi connectivity index (χ2n) is 12.4. The number of aromatic hydroxyl groups is 2. The molecule has 2 saturated heterocycles. The number of phenolic OH excluding ortho intramolecular Hbond substituents is 2. The van der Waals surface area contributed by atoms with Crippen LogP contribution in [-0.4, -0.2) is 91.4 Å². The van der Waals surface area contributed by atoms with Crippen molar-refractivity contribution in [1.29, 1.82) is 0 Å². The first kappa shape index (κ1) is 34.0. The van der Waals surface area contributed by atoms with Gasteiger partial charge in [-0.25, -0.2) is 4.79 Å². The van der Waals surface area contributed by atoms with E-state index in [2.05, 4.69) is 5.32 Å². The number of amides is 4. The molecule has 4 aromatic rings. The number of carbonyl (C=O) groups is 4. The van der Waals surface area contributed by atoms with Crippen LogP contribution in [0.2, 0.25) is 0 Å². The molecule has 2 heterocycles. The van der Waals surface area contributed by atoms with E-state index < -0.39 is 48.2 Å². The average molecular weight is 679 g/mol. The third-order valence-electron chi connectivity index (χ3n) is 9.04. The Morgan fingerprint density at radius 1 is 0.740 bits per heavy atom. The largest absolute Gasteiger partial charge is 0.508 e. The standard InChI is InChI=1S/C38H38N4O8/c43-29-15-11-27(12-16-29)21-31(35(45)39-20-19-25-7-3-1-4-8-25)40-24-34-41(32(36(40)46)22-28-13-17-30(44)18-14-28)37(47)33(50-42(34)38(48)49)23-26-9-5-2-6-10-26/h1-18,31-34,43-44H,19-24H2,(H,39,45)(H,48,49)/t31?,32-,33+,34?/m0/s1. The number of fused-ring (bicyclic) bond motifs is 1. The normalized spacial score (nSPS) is 19.5. The molecule has 6 rings (SSSR count). The number of piperazine rings is 1. The first-order valence-electron chi connectivity index (χ1n) is 16.4. The van der Waals surface area contributed by atoms with E-state index in [1.54, 1.807) is 48.5 Å². The van der Waals surface area contributed by atoms with Crippen molar-refractivity contribution in [2.24, 2.45) is 0 Å². The highest BCUT2D eigenvalue weighted by molar-refractivity contribution is 5.95. The molecular weight excluding hydrogens is 640 g/mol. The Bertz CT molecular complexity index is 1800. The van der Waals surface area contributed by atoms with Crippen molar-refractivity contribution in [2.45, 2.75) is 50.0 Å². The Morgan fingerprint density at radius 3 is 1.90 bits per heavy atom. The van der Waals surface area contributed by atoms with E-state index in [1.165, 1.54) is 34.1 Å². The molecule has 50 heavy (non-hydrogen) atoms. The highest BCUT2D eigenvalue weighted by Gasteiger charge is 2.54. The maximum atomic E-state index is 14.7. The molecule has 4 atom stereocenters. The lowest BCUT2D eigenvalue weighted by Crippen LogP contribution is -2.75. The summed E-state index contributed by atoms with van der Waals surface area (Å²) in [7, 11) is 0. The Balaban J connectivity index is 1.35. The van der Waals surface area contributed by atoms with Gasteiger partial charge in [0.2, 0.25) is 11.8 Å². The molecular formula is C38H38N4O8. The highest BCUT2D eigenvalue weighted by atomic mass is 16.7. The van der Waals surface area contributed by atoms with Crippen LogP contribution in [0.5, 0.6) is 11.5 Å². The summed E-state index contributed by atoms with van der Waals surface area (Å²) in [5, 5.41) is 33.8. The zero-order valence-corrected chi connectivity index (χ0v) is 27.2. The maximum absolute atomic E-state index is 14.7. The molecule has 0 bridgehead atoms. The molecule has 258 valence electrons. The number of hydroxylamine groups is 2. The fraction of sp³-hybridized carbons (Fsp3) is 0.263. The Morgan fingerprint density at radius 2 is 1.30 bits per heavy atom. The Labute approximate surface area is 289 Å². The second-order valence-corrected chi connectivity index (χ2v) is 12.4. The van der Waals surface area contributed by atoms with Crippen molar-refractivity contribution in [3.05, 3.63) is 131 Å². The van der Waals surface area contributed by atoms with Gasteiger partial charge < -0.3 is 30.4 Å². The summed E-state index contributed by atoms with van der Waals surface area (Å²) in [6.07, 6.45) is -3.27. The van der Waals surface area contributed by atoms with Crippen LogP contribution in [0.1, 0.15) is 22.3 Å². The minimum atomic E-state index is -1.45. The van der Waals surface area contributed by atoms with Crippen molar-refractivity contribution in [3.63, 3.8) is 0 Å². The lowest BCUT2D eigenvalue weighted by Gasteiger charge is -2.53. The fourth-order valence-corrected chi connectivity index (χ4v) is 6.52. The van der Waals surface area contributed by atoms with Gasteiger partial charge in [0.15, 0.2) is 12.3 Å². The lowest BCUT2D eigenvalue weighted by atomic mass is 9.94. The van der Waals surface area contributed by atoms with Crippen LogP contribution in [0.25, 0.3) is 0 Å². The number of carboxylic acid groups (broad SMARTS) is 1. The number of rotatable bonds is 11. The van der Waals surface area contributed by atoms with E-state index in [1.807, 2.05) is 36.4 Å². The highest BCUT2D eigenvalue weighted by Crippen LogP contribution is 2.32. The minimum Gasteiger partial charge on any atom is -0.508 e. The first-order valence-corrected chi connectivity index (χ1v) is 16.4. The maximum Gasteiger partial charge on any atom is 0.433 e. The number of carbonyl (C=O) groups excluding carboxylic acids is 3. The number of hydrogen-bond acceptors (Lipinski definition) is 7. The number of nitrogens with zero attached hydrogens (tertiary/aromatic N) is 3. The van der Waals surface area contributed by atoms with Crippen molar-refractivity contribution >= 4 is 23.8 Å². The van der Waals surface area contributed by atoms with Crippen molar-refractivity contribution in [3.8, 4) is 11.5 Å². The molecule has 2 aliphatic rings. The third kappa shape index (κ3) is 7.71. The molecule has 0 saturated carbocycles. The zero-order valence-electron chi connectivity index (χ0n) is 27.2. The molecule has 0 spiro atoms. The minimum absolute atomic E-state index is 0.00900. The summed E-state index contributed by atoms with van der Waals surface area (Å²) in [6, 6.07) is 28.8. The SMILES string of the molecule is O=C(NCCc1ccccc1)C(Cc1ccc(O)cc1)N1CC2N(C(=O)O)O[C@H](Cc3ccccc3)C(=O)N2[C@@H](Cc2ccc(O)cc2)C1=O. The van der Waals surface area contributed by atoms with Gasteiger partial charge >= 0.3 is 6.09 Å². The van der Waals surface area contributed by atoms with E-state index in [0.29, 0.717) is 22.6 Å². The average Bonchev–Trinajstić information content (AvgIpc) is 3.12. The number of benzene rings is 4. The van der Waals surface area contributed by atoms with Crippen LogP contribution >= 0.6 is 0 Å². The van der Waals surface area contributed by atoms with Crippen LogP contribution < -0.4 is 5.32 Å². The van der Waals surface area contributed by atoms with E-state index in [0.717, 1.165) is 11.1 Å². The molecule has 4 N–H and O–H groups in total. The Kier molecular flexibility index (Phi) is 10.3. The van der Waals surface area contributed by atoms with Gasteiger partial charge in [0, 0.05) is 25.8 Å². The number of nitrogens with one attached hydrogen (secondary N) is 1. The van der Waals surface area contributed by atoms with E-state index in [4.69, 9.17) is 4.84 Å². The van der Waals surface area contributed by atoms with Gasteiger partial charge in [-0.3, -0.25) is 19.2 Å². The topological polar surface area (TPSA) is 160 Å². The molecule has 0 radical (unpaired) electrons. The summed E-state index contributed by atoms with van der Waals surface area (Å²) in [4.78, 5) is 64.1. The summed E-state index contributed by atoms with van der Waals surface area (Å²) < 4.78 is 0. The molecule has 12 nitrogen and oxygen atoms in total. The van der Waals surface area contributed by atoms with E-state index in [9.17, 15) is 34.5 Å². The summed E-state index contributed by atoms with van der Waals surface area (Å²) >= 11 is 0.